The van der Waals surface area contributed by atoms with Crippen molar-refractivity contribution in [1.82, 2.24) is 20.6 Å². The Morgan fingerprint density at radius 2 is 2.05 bits per heavy atom. The average molecular weight is 555 g/mol. The number of carboxylic acid groups (broad SMARTS) is 1. The molecule has 1 amide bonds. The van der Waals surface area contributed by atoms with E-state index in [-0.39, 0.29) is 42.5 Å². The predicted octanol–water partition coefficient (Wildman–Crippen LogP) is 3.47. The molecule has 0 spiro atoms. The molecule has 0 saturated heterocycles. The number of ketones is 1. The third-order valence-electron chi connectivity index (χ3n) is 7.78. The van der Waals surface area contributed by atoms with Crippen molar-refractivity contribution in [3.63, 3.8) is 0 Å². The number of carbonyl (C=O) groups is 3. The van der Waals surface area contributed by atoms with Crippen LogP contribution in [0.25, 0.3) is 5.70 Å². The monoisotopic (exact) mass is 554 g/mol. The molecule has 2 atom stereocenters. The number of nitrogens with zero attached hydrogens (tertiary/aromatic N) is 2. The van der Waals surface area contributed by atoms with Crippen molar-refractivity contribution in [1.29, 1.82) is 0 Å². The van der Waals surface area contributed by atoms with E-state index in [4.69, 9.17) is 4.74 Å². The molecule has 3 aromatic rings. The van der Waals surface area contributed by atoms with Gasteiger partial charge >= 0.3 is 5.97 Å². The van der Waals surface area contributed by atoms with Crippen LogP contribution >= 0.6 is 0 Å². The van der Waals surface area contributed by atoms with Gasteiger partial charge in [0.15, 0.2) is 12.4 Å². The van der Waals surface area contributed by atoms with Crippen molar-refractivity contribution in [2.24, 2.45) is 0 Å². The molecule has 2 aromatic carbocycles. The number of fused-ring (bicyclic) bond motifs is 3. The maximum atomic E-state index is 13.4. The number of nitrogens with one attached hydrogen (secondary N) is 4. The van der Waals surface area contributed by atoms with Crippen LogP contribution in [0.1, 0.15) is 75.6 Å². The highest BCUT2D eigenvalue weighted by molar-refractivity contribution is 6.03. The van der Waals surface area contributed by atoms with E-state index in [0.29, 0.717) is 35.1 Å². The van der Waals surface area contributed by atoms with E-state index in [0.717, 1.165) is 40.8 Å². The van der Waals surface area contributed by atoms with Crippen molar-refractivity contribution in [3.05, 3.63) is 81.9 Å². The van der Waals surface area contributed by atoms with Gasteiger partial charge in [-0.3, -0.25) is 9.59 Å². The lowest BCUT2D eigenvalue weighted by molar-refractivity contribution is -0.118. The quantitative estimate of drug-likeness (QED) is 0.262. The number of carbonyl (C=O) groups excluding carboxylic acids is 2. The fourth-order valence-corrected chi connectivity index (χ4v) is 5.59. The molecule has 0 radical (unpaired) electrons. The van der Waals surface area contributed by atoms with E-state index >= 15 is 0 Å². The molecule has 3 aliphatic rings. The highest BCUT2D eigenvalue weighted by Crippen LogP contribution is 2.35. The Morgan fingerprint density at radius 3 is 2.88 bits per heavy atom. The van der Waals surface area contributed by atoms with Crippen molar-refractivity contribution in [2.45, 2.75) is 38.8 Å². The Balaban J connectivity index is 1.18. The summed E-state index contributed by atoms with van der Waals surface area (Å²) in [4.78, 5) is 45.3. The molecule has 2 aliphatic heterocycles. The summed E-state index contributed by atoms with van der Waals surface area (Å²) in [5, 5.41) is 22.3. The Morgan fingerprint density at radius 1 is 1.20 bits per heavy atom. The Bertz CT molecular complexity index is 1620. The number of anilines is 2. The van der Waals surface area contributed by atoms with Gasteiger partial charge in [0.05, 0.1) is 29.2 Å². The van der Waals surface area contributed by atoms with Gasteiger partial charge < -0.3 is 31.1 Å². The molecule has 1 aliphatic carbocycles. The minimum atomic E-state index is -0.946. The maximum Gasteiger partial charge on any atom is 0.335 e. The number of carboxylic acids is 1. The summed E-state index contributed by atoms with van der Waals surface area (Å²) >= 11 is 0. The first-order chi connectivity index (χ1) is 19.8. The second kappa shape index (κ2) is 10.7. The lowest BCUT2D eigenvalue weighted by atomic mass is 10.0. The molecule has 3 heterocycles. The summed E-state index contributed by atoms with van der Waals surface area (Å²) in [6.07, 6.45) is 2.95. The zero-order valence-corrected chi connectivity index (χ0v) is 22.7. The van der Waals surface area contributed by atoms with Crippen LogP contribution in [0.2, 0.25) is 0 Å². The number of aromatic nitrogens is 2. The Kier molecular flexibility index (Phi) is 6.88. The van der Waals surface area contributed by atoms with Gasteiger partial charge in [-0.1, -0.05) is 12.1 Å². The van der Waals surface area contributed by atoms with Gasteiger partial charge in [0, 0.05) is 18.6 Å². The van der Waals surface area contributed by atoms with Crippen molar-refractivity contribution in [2.75, 3.05) is 30.3 Å². The summed E-state index contributed by atoms with van der Waals surface area (Å²) in [5.41, 5.74) is 7.28. The number of amides is 1. The predicted molar refractivity (Wildman–Crippen MR) is 152 cm³/mol. The summed E-state index contributed by atoms with van der Waals surface area (Å²) in [6.45, 7) is 4.64. The van der Waals surface area contributed by atoms with Crippen LogP contribution in [0, 0.1) is 0 Å². The lowest BCUT2D eigenvalue weighted by Gasteiger charge is -2.27. The number of rotatable bonds is 8. The van der Waals surface area contributed by atoms with Crippen molar-refractivity contribution >= 4 is 34.7 Å². The second-order valence-corrected chi connectivity index (χ2v) is 10.5. The minimum absolute atomic E-state index is 0.00781. The third-order valence-corrected chi connectivity index (χ3v) is 7.78. The zero-order valence-electron chi connectivity index (χ0n) is 22.7. The first kappa shape index (κ1) is 26.5. The van der Waals surface area contributed by atoms with Crippen LogP contribution in [0.3, 0.4) is 0 Å². The van der Waals surface area contributed by atoms with E-state index < -0.39 is 5.97 Å². The number of ether oxygens (including phenoxy) is 1. The molecule has 6 rings (SSSR count). The highest BCUT2D eigenvalue weighted by atomic mass is 16.5. The number of aryl methyl sites for hydroxylation is 1. The smallest absolute Gasteiger partial charge is 0.335 e. The number of hydrogen-bond acceptors (Lipinski definition) is 9. The van der Waals surface area contributed by atoms with Crippen molar-refractivity contribution in [3.8, 4) is 5.75 Å². The summed E-state index contributed by atoms with van der Waals surface area (Å²) in [5.74, 6) is -0.657. The molecule has 0 fully saturated rings. The number of benzene rings is 2. The molecule has 210 valence electrons. The van der Waals surface area contributed by atoms with Crippen LogP contribution < -0.4 is 26.0 Å². The lowest BCUT2D eigenvalue weighted by Crippen LogP contribution is -2.30. The fraction of sp³-hybridized carbons (Fsp3) is 0.300. The van der Waals surface area contributed by atoms with E-state index in [2.05, 4.69) is 31.2 Å². The van der Waals surface area contributed by atoms with Crippen LogP contribution in [-0.2, 0) is 11.2 Å². The third kappa shape index (κ3) is 5.11. The SMILES string of the molecule is CC1=C(NC(C)c2ccc3c(c2)NC(=O)CO3)c2ncnc(C(=O)CN[C@H]3CCc4cc(C(=O)O)ccc43)c2NC1. The number of aromatic carboxylic acids is 1. The molecule has 11 nitrogen and oxygen atoms in total. The van der Waals surface area contributed by atoms with Crippen LogP contribution in [0.15, 0.2) is 48.3 Å². The van der Waals surface area contributed by atoms with Gasteiger partial charge in [0.1, 0.15) is 23.5 Å². The summed E-state index contributed by atoms with van der Waals surface area (Å²) in [7, 11) is 0. The van der Waals surface area contributed by atoms with Crippen LogP contribution in [-0.4, -0.2) is 52.4 Å². The minimum Gasteiger partial charge on any atom is -0.482 e. The van der Waals surface area contributed by atoms with Crippen molar-refractivity contribution < 1.29 is 24.2 Å². The molecule has 1 unspecified atom stereocenters. The fourth-order valence-electron chi connectivity index (χ4n) is 5.59. The Labute approximate surface area is 236 Å². The van der Waals surface area contributed by atoms with Gasteiger partial charge in [-0.2, -0.15) is 0 Å². The van der Waals surface area contributed by atoms with E-state index in [1.165, 1.54) is 6.33 Å². The zero-order chi connectivity index (χ0) is 28.7. The Hall–Kier alpha value is -4.77. The standard InChI is InChI=1S/C30H30N6O5/c1-15-11-32-29-27(23(37)12-31-21-7-4-18-9-19(30(39)40)3-6-20(18)21)33-14-34-28(29)26(15)35-16(2)17-5-8-24-22(10-17)36-25(38)13-41-24/h3,5-6,8-10,14,16,21,31-32,35H,4,7,11-13H2,1-2H3,(H,36,38)(H,39,40)/t16?,21-/m0/s1. The largest absolute Gasteiger partial charge is 0.482 e. The number of hydrogen-bond donors (Lipinski definition) is 5. The molecule has 11 heteroatoms. The molecule has 41 heavy (non-hydrogen) atoms. The second-order valence-electron chi connectivity index (χ2n) is 10.5. The van der Waals surface area contributed by atoms with Gasteiger partial charge in [-0.25, -0.2) is 14.8 Å². The maximum absolute atomic E-state index is 13.4. The van der Waals surface area contributed by atoms with Crippen LogP contribution in [0.4, 0.5) is 11.4 Å². The summed E-state index contributed by atoms with van der Waals surface area (Å²) in [6, 6.07) is 10.7. The number of Topliss-reactive ketones (excluding diaryl/α,β-unsaturated/α-hetero) is 1. The first-order valence-corrected chi connectivity index (χ1v) is 13.5. The average Bonchev–Trinajstić information content (AvgIpc) is 3.38. The van der Waals surface area contributed by atoms with Gasteiger partial charge in [-0.15, -0.1) is 0 Å². The van der Waals surface area contributed by atoms with Crippen LogP contribution in [0.5, 0.6) is 5.75 Å². The normalized spacial score (nSPS) is 17.8. The molecular weight excluding hydrogens is 524 g/mol. The summed E-state index contributed by atoms with van der Waals surface area (Å²) < 4.78 is 5.48. The van der Waals surface area contributed by atoms with Gasteiger partial charge in [0.25, 0.3) is 5.91 Å². The molecular formula is C30H30N6O5. The molecule has 0 saturated carbocycles. The first-order valence-electron chi connectivity index (χ1n) is 13.5. The van der Waals surface area contributed by atoms with E-state index in [1.807, 2.05) is 38.1 Å². The van der Waals surface area contributed by atoms with E-state index in [9.17, 15) is 19.5 Å². The molecule has 1 aromatic heterocycles. The van der Waals surface area contributed by atoms with Gasteiger partial charge in [-0.05, 0) is 73.2 Å². The topological polar surface area (TPSA) is 155 Å². The van der Waals surface area contributed by atoms with E-state index in [1.54, 1.807) is 12.1 Å². The molecule has 0 bridgehead atoms. The van der Waals surface area contributed by atoms with Gasteiger partial charge in [0.2, 0.25) is 0 Å². The highest BCUT2D eigenvalue weighted by Gasteiger charge is 2.28. The molecule has 5 N–H and O–H groups in total.